The van der Waals surface area contributed by atoms with Gasteiger partial charge in [-0.3, -0.25) is 10.00 Å². The van der Waals surface area contributed by atoms with Crippen molar-refractivity contribution in [3.8, 4) is 0 Å². The normalized spacial score (nSPS) is 12.2. The summed E-state index contributed by atoms with van der Waals surface area (Å²) in [6, 6.07) is 7.76. The van der Waals surface area contributed by atoms with Gasteiger partial charge in [0.1, 0.15) is 11.6 Å². The monoisotopic (exact) mass is 304 g/mol. The molecule has 1 aromatic heterocycles. The number of anilines is 1. The van der Waals surface area contributed by atoms with Crippen LogP contribution in [-0.4, -0.2) is 21.9 Å². The molecule has 0 aliphatic heterocycles. The molecule has 1 aromatic carbocycles. The van der Waals surface area contributed by atoms with E-state index in [0.717, 1.165) is 5.56 Å². The number of hydrogen-bond acceptors (Lipinski definition) is 2. The molecule has 0 spiro atoms. The number of hydrogen-bond donors (Lipinski definition) is 2. The molecule has 2 amide bonds. The van der Waals surface area contributed by atoms with Crippen LogP contribution in [-0.2, 0) is 13.5 Å². The zero-order valence-corrected chi connectivity index (χ0v) is 13.0. The second-order valence-electron chi connectivity index (χ2n) is 5.62. The second kappa shape index (κ2) is 7.06. The standard InChI is InChI=1S/C16H21FN4O/c1-11(2)14(10-12-4-6-13(17)7-5-12)19-16(22)20-15-8-9-18-21(15)3/h4-9,11,14H,10H2,1-3H3,(H2,19,20,22)/t14-/m0/s1. The zero-order chi connectivity index (χ0) is 16.1. The summed E-state index contributed by atoms with van der Waals surface area (Å²) in [4.78, 5) is 12.1. The summed E-state index contributed by atoms with van der Waals surface area (Å²) in [6.07, 6.45) is 2.27. The number of urea groups is 1. The quantitative estimate of drug-likeness (QED) is 0.892. The predicted molar refractivity (Wildman–Crippen MR) is 84.1 cm³/mol. The molecule has 0 fully saturated rings. The van der Waals surface area contributed by atoms with E-state index in [1.165, 1.54) is 12.1 Å². The summed E-state index contributed by atoms with van der Waals surface area (Å²) in [7, 11) is 1.76. The van der Waals surface area contributed by atoms with Gasteiger partial charge in [-0.05, 0) is 30.0 Å². The Hall–Kier alpha value is -2.37. The number of amides is 2. The number of aryl methyl sites for hydroxylation is 1. The molecule has 0 saturated heterocycles. The number of rotatable bonds is 5. The molecule has 0 bridgehead atoms. The smallest absolute Gasteiger partial charge is 0.320 e. The third-order valence-electron chi connectivity index (χ3n) is 3.55. The molecule has 2 N–H and O–H groups in total. The van der Waals surface area contributed by atoms with Gasteiger partial charge >= 0.3 is 6.03 Å². The lowest BCUT2D eigenvalue weighted by atomic mass is 9.96. The van der Waals surface area contributed by atoms with Gasteiger partial charge in [0, 0.05) is 19.2 Å². The van der Waals surface area contributed by atoms with Crippen molar-refractivity contribution >= 4 is 11.8 Å². The average molecular weight is 304 g/mol. The molecule has 1 heterocycles. The predicted octanol–water partition coefficient (Wildman–Crippen LogP) is 2.95. The summed E-state index contributed by atoms with van der Waals surface area (Å²) in [6.45, 7) is 4.08. The van der Waals surface area contributed by atoms with Crippen LogP contribution >= 0.6 is 0 Å². The second-order valence-corrected chi connectivity index (χ2v) is 5.62. The third-order valence-corrected chi connectivity index (χ3v) is 3.55. The third kappa shape index (κ3) is 4.31. The van der Waals surface area contributed by atoms with Crippen LogP contribution < -0.4 is 10.6 Å². The van der Waals surface area contributed by atoms with Crippen LogP contribution in [0, 0.1) is 11.7 Å². The summed E-state index contributed by atoms with van der Waals surface area (Å²) in [5.74, 6) is 0.621. The maximum Gasteiger partial charge on any atom is 0.320 e. The molecule has 22 heavy (non-hydrogen) atoms. The van der Waals surface area contributed by atoms with Crippen molar-refractivity contribution in [3.63, 3.8) is 0 Å². The van der Waals surface area contributed by atoms with Crippen molar-refractivity contribution in [2.45, 2.75) is 26.3 Å². The van der Waals surface area contributed by atoms with Crippen molar-refractivity contribution in [3.05, 3.63) is 47.9 Å². The van der Waals surface area contributed by atoms with E-state index in [-0.39, 0.29) is 23.8 Å². The first-order valence-corrected chi connectivity index (χ1v) is 7.25. The molecule has 6 heteroatoms. The lowest BCUT2D eigenvalue weighted by molar-refractivity contribution is 0.244. The van der Waals surface area contributed by atoms with Crippen LogP contribution in [0.1, 0.15) is 19.4 Å². The minimum absolute atomic E-state index is 0.0429. The molecule has 0 radical (unpaired) electrons. The molecule has 1 atom stereocenters. The first kappa shape index (κ1) is 16.0. The van der Waals surface area contributed by atoms with E-state index in [1.807, 2.05) is 13.8 Å². The minimum atomic E-state index is -0.274. The summed E-state index contributed by atoms with van der Waals surface area (Å²) < 4.78 is 14.5. The van der Waals surface area contributed by atoms with Gasteiger partial charge in [-0.2, -0.15) is 5.10 Å². The summed E-state index contributed by atoms with van der Waals surface area (Å²) in [5.41, 5.74) is 0.987. The van der Waals surface area contributed by atoms with Crippen LogP contribution in [0.3, 0.4) is 0 Å². The maximum absolute atomic E-state index is 13.0. The number of benzene rings is 1. The highest BCUT2D eigenvalue weighted by Gasteiger charge is 2.17. The number of nitrogens with zero attached hydrogens (tertiary/aromatic N) is 2. The Morgan fingerprint density at radius 3 is 2.50 bits per heavy atom. The molecular formula is C16H21FN4O. The van der Waals surface area contributed by atoms with Crippen molar-refractivity contribution in [1.29, 1.82) is 0 Å². The molecule has 2 aromatic rings. The summed E-state index contributed by atoms with van der Waals surface area (Å²) in [5, 5.41) is 9.72. The van der Waals surface area contributed by atoms with Crippen molar-refractivity contribution in [2.75, 3.05) is 5.32 Å². The number of aromatic nitrogens is 2. The first-order chi connectivity index (χ1) is 10.5. The molecule has 0 saturated carbocycles. The van der Waals surface area contributed by atoms with E-state index in [1.54, 1.807) is 36.1 Å². The highest BCUT2D eigenvalue weighted by molar-refractivity contribution is 5.88. The van der Waals surface area contributed by atoms with E-state index in [4.69, 9.17) is 0 Å². The van der Waals surface area contributed by atoms with Gasteiger partial charge in [0.15, 0.2) is 0 Å². The maximum atomic E-state index is 13.0. The topological polar surface area (TPSA) is 59.0 Å². The van der Waals surface area contributed by atoms with Gasteiger partial charge in [-0.25, -0.2) is 9.18 Å². The van der Waals surface area contributed by atoms with Crippen LogP contribution in [0.5, 0.6) is 0 Å². The van der Waals surface area contributed by atoms with E-state index in [2.05, 4.69) is 15.7 Å². The van der Waals surface area contributed by atoms with Crippen LogP contribution in [0.4, 0.5) is 15.0 Å². The Morgan fingerprint density at radius 2 is 1.95 bits per heavy atom. The minimum Gasteiger partial charge on any atom is -0.335 e. The zero-order valence-electron chi connectivity index (χ0n) is 13.0. The van der Waals surface area contributed by atoms with Gasteiger partial charge in [-0.1, -0.05) is 26.0 Å². The number of carbonyl (C=O) groups is 1. The summed E-state index contributed by atoms with van der Waals surface area (Å²) >= 11 is 0. The average Bonchev–Trinajstić information content (AvgIpc) is 2.85. The molecule has 0 aliphatic carbocycles. The molecule has 0 aliphatic rings. The molecule has 5 nitrogen and oxygen atoms in total. The van der Waals surface area contributed by atoms with E-state index in [0.29, 0.717) is 12.2 Å². The highest BCUT2D eigenvalue weighted by Crippen LogP contribution is 2.12. The van der Waals surface area contributed by atoms with Gasteiger partial charge in [0.05, 0.1) is 6.20 Å². The molecule has 2 rings (SSSR count). The Labute approximate surface area is 129 Å². The van der Waals surface area contributed by atoms with Gasteiger partial charge in [-0.15, -0.1) is 0 Å². The molecule has 118 valence electrons. The largest absolute Gasteiger partial charge is 0.335 e. The van der Waals surface area contributed by atoms with Crippen LogP contribution in [0.15, 0.2) is 36.5 Å². The van der Waals surface area contributed by atoms with Crippen molar-refractivity contribution in [2.24, 2.45) is 13.0 Å². The number of nitrogens with one attached hydrogen (secondary N) is 2. The van der Waals surface area contributed by atoms with E-state index >= 15 is 0 Å². The van der Waals surface area contributed by atoms with Crippen LogP contribution in [0.2, 0.25) is 0 Å². The lowest BCUT2D eigenvalue weighted by Crippen LogP contribution is -2.42. The first-order valence-electron chi connectivity index (χ1n) is 7.25. The fourth-order valence-corrected chi connectivity index (χ4v) is 2.15. The lowest BCUT2D eigenvalue weighted by Gasteiger charge is -2.22. The van der Waals surface area contributed by atoms with Crippen molar-refractivity contribution in [1.82, 2.24) is 15.1 Å². The highest BCUT2D eigenvalue weighted by atomic mass is 19.1. The van der Waals surface area contributed by atoms with Gasteiger partial charge in [0.25, 0.3) is 0 Å². The SMILES string of the molecule is CC(C)[C@H](Cc1ccc(F)cc1)NC(=O)Nc1ccnn1C. The fraction of sp³-hybridized carbons (Fsp3) is 0.375. The molecule has 0 unspecified atom stereocenters. The number of halogens is 1. The van der Waals surface area contributed by atoms with Crippen LogP contribution in [0.25, 0.3) is 0 Å². The Kier molecular flexibility index (Phi) is 5.14. The Bertz CT molecular complexity index is 621. The Morgan fingerprint density at radius 1 is 1.27 bits per heavy atom. The number of carbonyl (C=O) groups excluding carboxylic acids is 1. The van der Waals surface area contributed by atoms with Crippen molar-refractivity contribution < 1.29 is 9.18 Å². The van der Waals surface area contributed by atoms with E-state index < -0.39 is 0 Å². The van der Waals surface area contributed by atoms with Gasteiger partial charge < -0.3 is 5.32 Å². The van der Waals surface area contributed by atoms with E-state index in [9.17, 15) is 9.18 Å². The fourth-order valence-electron chi connectivity index (χ4n) is 2.15. The Balaban J connectivity index is 1.98. The van der Waals surface area contributed by atoms with Gasteiger partial charge in [0.2, 0.25) is 0 Å². The molecular weight excluding hydrogens is 283 g/mol.